The number of thiophene rings is 1. The molecule has 1 atom stereocenters. The Morgan fingerprint density at radius 2 is 2.21 bits per heavy atom. The lowest BCUT2D eigenvalue weighted by molar-refractivity contribution is 0.0776. The van der Waals surface area contributed by atoms with E-state index in [0.717, 1.165) is 38.2 Å². The molecule has 0 spiro atoms. The molecule has 1 saturated heterocycles. The molecule has 24 heavy (non-hydrogen) atoms. The van der Waals surface area contributed by atoms with Crippen molar-refractivity contribution in [1.29, 1.82) is 0 Å². The van der Waals surface area contributed by atoms with Gasteiger partial charge in [-0.1, -0.05) is 18.2 Å². The minimum absolute atomic E-state index is 0.0569. The summed E-state index contributed by atoms with van der Waals surface area (Å²) in [6.07, 6.45) is 3.06. The summed E-state index contributed by atoms with van der Waals surface area (Å²) in [6, 6.07) is 10.3. The third-order valence-electron chi connectivity index (χ3n) is 4.81. The van der Waals surface area contributed by atoms with Gasteiger partial charge in [-0.25, -0.2) is 0 Å². The van der Waals surface area contributed by atoms with Gasteiger partial charge in [-0.3, -0.25) is 9.69 Å². The van der Waals surface area contributed by atoms with Crippen LogP contribution in [0.1, 0.15) is 15.9 Å². The van der Waals surface area contributed by atoms with E-state index < -0.39 is 0 Å². The molecule has 5 heteroatoms. The second kappa shape index (κ2) is 6.89. The number of fused-ring (bicyclic) bond motifs is 1. The lowest BCUT2D eigenvalue weighted by Gasteiger charge is -2.35. The Balaban J connectivity index is 1.48. The molecule has 4 rings (SSSR count). The van der Waals surface area contributed by atoms with Crippen LogP contribution in [-0.4, -0.2) is 47.9 Å². The average Bonchev–Trinajstić information content (AvgIpc) is 3.30. The summed E-state index contributed by atoms with van der Waals surface area (Å²) in [7, 11) is 0. The summed E-state index contributed by atoms with van der Waals surface area (Å²) in [6.45, 7) is 3.51. The molecule has 4 nitrogen and oxygen atoms in total. The van der Waals surface area contributed by atoms with Crippen molar-refractivity contribution in [2.75, 3.05) is 26.2 Å². The molecule has 1 aliphatic heterocycles. The maximum Gasteiger partial charge on any atom is 0.182 e. The number of rotatable bonds is 5. The van der Waals surface area contributed by atoms with Gasteiger partial charge in [-0.2, -0.15) is 11.3 Å². The molecule has 2 aromatic heterocycles. The quantitative estimate of drug-likeness (QED) is 0.703. The highest BCUT2D eigenvalue weighted by Crippen LogP contribution is 2.20. The van der Waals surface area contributed by atoms with Gasteiger partial charge in [-0.15, -0.1) is 0 Å². The number of hydrogen-bond donors (Lipinski definition) is 2. The number of nitrogens with zero attached hydrogens (tertiary/aromatic N) is 1. The maximum absolute atomic E-state index is 12.8. The van der Waals surface area contributed by atoms with Crippen molar-refractivity contribution in [3.05, 3.63) is 58.4 Å². The van der Waals surface area contributed by atoms with Gasteiger partial charge >= 0.3 is 0 Å². The van der Waals surface area contributed by atoms with Gasteiger partial charge in [0.2, 0.25) is 0 Å². The molecule has 1 aromatic carbocycles. The van der Waals surface area contributed by atoms with Crippen molar-refractivity contribution in [3.8, 4) is 0 Å². The van der Waals surface area contributed by atoms with Crippen LogP contribution in [0.4, 0.5) is 0 Å². The van der Waals surface area contributed by atoms with Crippen LogP contribution in [-0.2, 0) is 6.42 Å². The van der Waals surface area contributed by atoms with Crippen molar-refractivity contribution in [3.63, 3.8) is 0 Å². The summed E-state index contributed by atoms with van der Waals surface area (Å²) in [5.74, 6) is 0.238. The smallest absolute Gasteiger partial charge is 0.182 e. The van der Waals surface area contributed by atoms with Gasteiger partial charge in [0.05, 0.1) is 6.04 Å². The first-order valence-electron chi connectivity index (χ1n) is 8.39. The van der Waals surface area contributed by atoms with E-state index in [9.17, 15) is 4.79 Å². The van der Waals surface area contributed by atoms with Crippen LogP contribution in [0, 0.1) is 0 Å². The molecule has 1 fully saturated rings. The SMILES string of the molecule is O=C(c1ccsc1)C1CNCCN1CCc1c[nH]c2ccccc12. The standard InChI is InChI=1S/C19H21N3OS/c23-19(15-6-10-24-13-15)18-12-20-7-9-22(18)8-5-14-11-21-17-4-2-1-3-16(14)17/h1-4,6,10-11,13,18,20-21H,5,7-9,12H2. The fourth-order valence-electron chi connectivity index (χ4n) is 3.47. The van der Waals surface area contributed by atoms with E-state index in [-0.39, 0.29) is 11.8 Å². The van der Waals surface area contributed by atoms with E-state index in [0.29, 0.717) is 0 Å². The minimum Gasteiger partial charge on any atom is -0.361 e. The molecule has 0 radical (unpaired) electrons. The predicted octanol–water partition coefficient (Wildman–Crippen LogP) is 2.93. The number of H-pyrrole nitrogens is 1. The van der Waals surface area contributed by atoms with Crippen molar-refractivity contribution >= 4 is 28.0 Å². The monoisotopic (exact) mass is 339 g/mol. The topological polar surface area (TPSA) is 48.1 Å². The summed E-state index contributed by atoms with van der Waals surface area (Å²) in [5.41, 5.74) is 3.34. The fourth-order valence-corrected chi connectivity index (χ4v) is 4.12. The van der Waals surface area contributed by atoms with Crippen LogP contribution < -0.4 is 5.32 Å². The van der Waals surface area contributed by atoms with Gasteiger partial charge in [0.25, 0.3) is 0 Å². The number of piperazine rings is 1. The Bertz CT molecular complexity index is 824. The minimum atomic E-state index is -0.0569. The number of nitrogens with one attached hydrogen (secondary N) is 2. The molecule has 124 valence electrons. The van der Waals surface area contributed by atoms with E-state index in [2.05, 4.69) is 45.7 Å². The van der Waals surface area contributed by atoms with Gasteiger partial charge < -0.3 is 10.3 Å². The fraction of sp³-hybridized carbons (Fsp3) is 0.316. The summed E-state index contributed by atoms with van der Waals surface area (Å²) < 4.78 is 0. The highest BCUT2D eigenvalue weighted by atomic mass is 32.1. The zero-order chi connectivity index (χ0) is 16.4. The predicted molar refractivity (Wildman–Crippen MR) is 98.9 cm³/mol. The van der Waals surface area contributed by atoms with Gasteiger partial charge in [0.15, 0.2) is 5.78 Å². The Morgan fingerprint density at radius 1 is 1.29 bits per heavy atom. The van der Waals surface area contributed by atoms with E-state index in [1.165, 1.54) is 16.5 Å². The first kappa shape index (κ1) is 15.6. The Hall–Kier alpha value is -1.95. The van der Waals surface area contributed by atoms with Crippen LogP contribution in [0.2, 0.25) is 0 Å². The molecule has 1 aliphatic rings. The number of carbonyl (C=O) groups is 1. The number of aromatic nitrogens is 1. The average molecular weight is 339 g/mol. The Kier molecular flexibility index (Phi) is 4.47. The lowest BCUT2D eigenvalue weighted by Crippen LogP contribution is -2.55. The second-order valence-electron chi connectivity index (χ2n) is 6.24. The number of para-hydroxylation sites is 1. The summed E-state index contributed by atoms with van der Waals surface area (Å²) in [5, 5.41) is 8.58. The highest BCUT2D eigenvalue weighted by Gasteiger charge is 2.29. The molecule has 0 amide bonds. The Labute approximate surface area is 145 Å². The summed E-state index contributed by atoms with van der Waals surface area (Å²) in [4.78, 5) is 18.4. The second-order valence-corrected chi connectivity index (χ2v) is 7.02. The lowest BCUT2D eigenvalue weighted by atomic mass is 10.0. The molecule has 3 heterocycles. The molecule has 2 N–H and O–H groups in total. The first-order valence-corrected chi connectivity index (χ1v) is 9.33. The van der Waals surface area contributed by atoms with Crippen LogP contribution in [0.5, 0.6) is 0 Å². The molecule has 3 aromatic rings. The third kappa shape index (κ3) is 3.02. The van der Waals surface area contributed by atoms with E-state index in [4.69, 9.17) is 0 Å². The normalized spacial score (nSPS) is 18.9. The van der Waals surface area contributed by atoms with Gasteiger partial charge in [0.1, 0.15) is 0 Å². The van der Waals surface area contributed by atoms with Crippen LogP contribution in [0.3, 0.4) is 0 Å². The third-order valence-corrected chi connectivity index (χ3v) is 5.49. The zero-order valence-corrected chi connectivity index (χ0v) is 14.3. The van der Waals surface area contributed by atoms with E-state index in [1.54, 1.807) is 11.3 Å². The molecule has 0 aliphatic carbocycles. The van der Waals surface area contributed by atoms with Crippen molar-refractivity contribution in [2.45, 2.75) is 12.5 Å². The highest BCUT2D eigenvalue weighted by molar-refractivity contribution is 7.08. The summed E-state index contributed by atoms with van der Waals surface area (Å²) >= 11 is 1.58. The number of hydrogen-bond acceptors (Lipinski definition) is 4. The molecule has 0 saturated carbocycles. The van der Waals surface area contributed by atoms with E-state index in [1.807, 2.05) is 16.8 Å². The number of carbonyl (C=O) groups excluding carboxylic acids is 1. The number of ketones is 1. The van der Waals surface area contributed by atoms with Gasteiger partial charge in [-0.05, 0) is 29.5 Å². The van der Waals surface area contributed by atoms with Crippen LogP contribution in [0.25, 0.3) is 10.9 Å². The number of benzene rings is 1. The van der Waals surface area contributed by atoms with Crippen molar-refractivity contribution in [2.24, 2.45) is 0 Å². The van der Waals surface area contributed by atoms with Gasteiger partial charge in [0, 0.05) is 54.2 Å². The molecule has 1 unspecified atom stereocenters. The van der Waals surface area contributed by atoms with E-state index >= 15 is 0 Å². The zero-order valence-electron chi connectivity index (χ0n) is 13.5. The molecular formula is C19H21N3OS. The first-order chi connectivity index (χ1) is 11.8. The van der Waals surface area contributed by atoms with Crippen LogP contribution >= 0.6 is 11.3 Å². The molecule has 0 bridgehead atoms. The number of Topliss-reactive ketones (excluding diaryl/α,β-unsaturated/α-hetero) is 1. The maximum atomic E-state index is 12.8. The molecular weight excluding hydrogens is 318 g/mol. The van der Waals surface area contributed by atoms with Crippen molar-refractivity contribution in [1.82, 2.24) is 15.2 Å². The Morgan fingerprint density at radius 3 is 3.08 bits per heavy atom. The number of aromatic amines is 1. The largest absolute Gasteiger partial charge is 0.361 e. The van der Waals surface area contributed by atoms with Crippen LogP contribution in [0.15, 0.2) is 47.3 Å². The van der Waals surface area contributed by atoms with Crippen molar-refractivity contribution < 1.29 is 4.79 Å².